The molecule has 1 aromatic rings. The van der Waals surface area contributed by atoms with Gasteiger partial charge < -0.3 is 19.6 Å². The molecule has 7 heteroatoms. The second-order valence-electron chi connectivity index (χ2n) is 8.59. The highest BCUT2D eigenvalue weighted by Crippen LogP contribution is 2.30. The van der Waals surface area contributed by atoms with Gasteiger partial charge in [-0.25, -0.2) is 4.98 Å². The van der Waals surface area contributed by atoms with E-state index in [1.165, 1.54) is 0 Å². The van der Waals surface area contributed by atoms with Gasteiger partial charge in [-0.05, 0) is 38.3 Å². The molecule has 1 saturated carbocycles. The summed E-state index contributed by atoms with van der Waals surface area (Å²) in [5, 5.41) is 9.71. The number of pyridine rings is 1. The van der Waals surface area contributed by atoms with E-state index >= 15 is 0 Å². The van der Waals surface area contributed by atoms with Gasteiger partial charge in [-0.2, -0.15) is 0 Å². The van der Waals surface area contributed by atoms with E-state index in [2.05, 4.69) is 4.98 Å². The Bertz CT molecular complexity index is 806. The van der Waals surface area contributed by atoms with E-state index in [1.54, 1.807) is 22.1 Å². The van der Waals surface area contributed by atoms with Crippen molar-refractivity contribution < 1.29 is 19.4 Å². The van der Waals surface area contributed by atoms with Crippen molar-refractivity contribution in [1.82, 2.24) is 14.8 Å². The number of carbonyl (C=O) groups is 2. The Morgan fingerprint density at radius 3 is 2.80 bits per heavy atom. The number of allylic oxidation sites excluding steroid dienone is 1. The van der Waals surface area contributed by atoms with Gasteiger partial charge in [-0.3, -0.25) is 9.59 Å². The van der Waals surface area contributed by atoms with Crippen molar-refractivity contribution in [3.8, 4) is 5.88 Å². The van der Waals surface area contributed by atoms with Gasteiger partial charge in [0.15, 0.2) is 0 Å². The van der Waals surface area contributed by atoms with Crippen LogP contribution in [0.4, 0.5) is 0 Å². The van der Waals surface area contributed by atoms with Crippen LogP contribution < -0.4 is 4.74 Å². The van der Waals surface area contributed by atoms with Crippen molar-refractivity contribution in [3.63, 3.8) is 0 Å². The molecule has 1 aliphatic heterocycles. The van der Waals surface area contributed by atoms with Gasteiger partial charge in [-0.15, -0.1) is 0 Å². The molecule has 0 bridgehead atoms. The number of hydrogen-bond acceptors (Lipinski definition) is 5. The van der Waals surface area contributed by atoms with Crippen LogP contribution in [0.1, 0.15) is 56.0 Å². The summed E-state index contributed by atoms with van der Waals surface area (Å²) in [6.45, 7) is 6.49. The number of carbonyl (C=O) groups excluding carboxylic acids is 2. The van der Waals surface area contributed by atoms with E-state index in [9.17, 15) is 14.7 Å². The SMILES string of the molecule is C/C=C/c1cnc2c(c1)C(=O)N([C@@H](C)CO)C[C@@H](C)[C@@H](CN(C)C(=O)C1CCC1)O2. The van der Waals surface area contributed by atoms with Gasteiger partial charge in [-0.1, -0.05) is 25.5 Å². The van der Waals surface area contributed by atoms with Crippen molar-refractivity contribution in [1.29, 1.82) is 0 Å². The van der Waals surface area contributed by atoms with Crippen molar-refractivity contribution in [2.24, 2.45) is 11.8 Å². The lowest BCUT2D eigenvalue weighted by Crippen LogP contribution is -2.51. The largest absolute Gasteiger partial charge is 0.472 e. The average molecular weight is 416 g/mol. The van der Waals surface area contributed by atoms with Crippen LogP contribution in [0, 0.1) is 11.8 Å². The van der Waals surface area contributed by atoms with Crippen LogP contribution in [-0.2, 0) is 4.79 Å². The highest BCUT2D eigenvalue weighted by molar-refractivity contribution is 5.97. The zero-order chi connectivity index (χ0) is 21.8. The van der Waals surface area contributed by atoms with Crippen LogP contribution in [0.5, 0.6) is 5.88 Å². The number of aliphatic hydroxyl groups is 1. The summed E-state index contributed by atoms with van der Waals surface area (Å²) in [5.74, 6) is 0.330. The second-order valence-corrected chi connectivity index (χ2v) is 8.59. The smallest absolute Gasteiger partial charge is 0.259 e. The molecule has 2 heterocycles. The molecule has 1 aromatic heterocycles. The predicted molar refractivity (Wildman–Crippen MR) is 115 cm³/mol. The van der Waals surface area contributed by atoms with Crippen molar-refractivity contribution in [2.75, 3.05) is 26.7 Å². The minimum Gasteiger partial charge on any atom is -0.472 e. The van der Waals surface area contributed by atoms with Crippen LogP contribution in [0.15, 0.2) is 18.3 Å². The van der Waals surface area contributed by atoms with E-state index in [0.29, 0.717) is 18.7 Å². The Kier molecular flexibility index (Phi) is 7.13. The summed E-state index contributed by atoms with van der Waals surface area (Å²) in [4.78, 5) is 33.8. The predicted octanol–water partition coefficient (Wildman–Crippen LogP) is 2.59. The molecule has 0 radical (unpaired) electrons. The summed E-state index contributed by atoms with van der Waals surface area (Å²) in [7, 11) is 1.82. The lowest BCUT2D eigenvalue weighted by Gasteiger charge is -2.38. The summed E-state index contributed by atoms with van der Waals surface area (Å²) in [6.07, 6.45) is 8.17. The molecular weight excluding hydrogens is 382 g/mol. The summed E-state index contributed by atoms with van der Waals surface area (Å²) in [5.41, 5.74) is 1.20. The van der Waals surface area contributed by atoms with Gasteiger partial charge in [0.05, 0.1) is 19.2 Å². The molecule has 1 N–H and O–H groups in total. The van der Waals surface area contributed by atoms with Crippen LogP contribution in [-0.4, -0.2) is 70.6 Å². The number of hydrogen-bond donors (Lipinski definition) is 1. The van der Waals surface area contributed by atoms with Crippen molar-refractivity contribution >= 4 is 17.9 Å². The molecular formula is C23H33N3O4. The summed E-state index contributed by atoms with van der Waals surface area (Å²) >= 11 is 0. The van der Waals surface area contributed by atoms with Gasteiger partial charge in [0, 0.05) is 31.6 Å². The lowest BCUT2D eigenvalue weighted by atomic mass is 9.84. The van der Waals surface area contributed by atoms with Gasteiger partial charge in [0.1, 0.15) is 11.7 Å². The van der Waals surface area contributed by atoms with Crippen LogP contribution in [0.25, 0.3) is 6.08 Å². The number of nitrogens with zero attached hydrogens (tertiary/aromatic N) is 3. The number of likely N-dealkylation sites (N-methyl/N-ethyl adjacent to an activating group) is 1. The number of aromatic nitrogens is 1. The Morgan fingerprint density at radius 2 is 2.20 bits per heavy atom. The third-order valence-electron chi connectivity index (χ3n) is 6.19. The average Bonchev–Trinajstić information content (AvgIpc) is 2.69. The zero-order valence-corrected chi connectivity index (χ0v) is 18.4. The quantitative estimate of drug-likeness (QED) is 0.772. The topological polar surface area (TPSA) is 83.0 Å². The molecule has 3 rings (SSSR count). The molecule has 164 valence electrons. The summed E-state index contributed by atoms with van der Waals surface area (Å²) < 4.78 is 6.23. The first-order valence-electron chi connectivity index (χ1n) is 10.8. The van der Waals surface area contributed by atoms with Gasteiger partial charge >= 0.3 is 0 Å². The maximum absolute atomic E-state index is 13.3. The zero-order valence-electron chi connectivity index (χ0n) is 18.4. The van der Waals surface area contributed by atoms with E-state index in [4.69, 9.17) is 4.74 Å². The molecule has 0 aromatic carbocycles. The van der Waals surface area contributed by atoms with Gasteiger partial charge in [0.25, 0.3) is 5.91 Å². The molecule has 0 saturated heterocycles. The molecule has 1 fully saturated rings. The maximum Gasteiger partial charge on any atom is 0.259 e. The second kappa shape index (κ2) is 9.60. The monoisotopic (exact) mass is 415 g/mol. The summed E-state index contributed by atoms with van der Waals surface area (Å²) in [6, 6.07) is 1.45. The minimum atomic E-state index is -0.328. The fourth-order valence-electron chi connectivity index (χ4n) is 3.95. The third-order valence-corrected chi connectivity index (χ3v) is 6.19. The molecule has 1 aliphatic carbocycles. The highest BCUT2D eigenvalue weighted by atomic mass is 16.5. The first-order chi connectivity index (χ1) is 14.3. The fraction of sp³-hybridized carbons (Fsp3) is 0.609. The lowest BCUT2D eigenvalue weighted by molar-refractivity contribution is -0.138. The Morgan fingerprint density at radius 1 is 1.47 bits per heavy atom. The Balaban J connectivity index is 1.91. The van der Waals surface area contributed by atoms with Crippen molar-refractivity contribution in [2.45, 2.75) is 52.2 Å². The Hall–Kier alpha value is -2.41. The molecule has 2 amide bonds. The minimum absolute atomic E-state index is 0.0373. The van der Waals surface area contributed by atoms with E-state index in [0.717, 1.165) is 24.8 Å². The Labute approximate surface area is 178 Å². The molecule has 3 atom stereocenters. The first-order valence-corrected chi connectivity index (χ1v) is 10.8. The fourth-order valence-corrected chi connectivity index (χ4v) is 3.95. The van der Waals surface area contributed by atoms with E-state index < -0.39 is 0 Å². The molecule has 0 spiro atoms. The maximum atomic E-state index is 13.3. The first kappa shape index (κ1) is 22.3. The van der Waals surface area contributed by atoms with Crippen LogP contribution in [0.3, 0.4) is 0 Å². The van der Waals surface area contributed by atoms with Gasteiger partial charge in [0.2, 0.25) is 11.8 Å². The number of aliphatic hydroxyl groups excluding tert-OH is 1. The van der Waals surface area contributed by atoms with E-state index in [-0.39, 0.29) is 48.3 Å². The number of ether oxygens (including phenoxy) is 1. The molecule has 30 heavy (non-hydrogen) atoms. The normalized spacial score (nSPS) is 23.2. The van der Waals surface area contributed by atoms with Crippen LogP contribution in [0.2, 0.25) is 0 Å². The number of amides is 2. The standard InChI is InChI=1S/C23H33N3O4/c1-5-7-17-10-19-21(24-11-17)30-20(13-25(4)22(28)18-8-6-9-18)15(2)12-26(23(19)29)16(3)14-27/h5,7,10-11,15-16,18,20,27H,6,8-9,12-14H2,1-4H3/b7-5+/t15-,16+,20-/m1/s1. The third kappa shape index (κ3) is 4.67. The molecule has 7 nitrogen and oxygen atoms in total. The highest BCUT2D eigenvalue weighted by Gasteiger charge is 2.36. The van der Waals surface area contributed by atoms with Crippen molar-refractivity contribution in [3.05, 3.63) is 29.5 Å². The molecule has 2 aliphatic rings. The number of rotatable bonds is 6. The number of fused-ring (bicyclic) bond motifs is 1. The van der Waals surface area contributed by atoms with E-state index in [1.807, 2.05) is 40.0 Å². The van der Waals surface area contributed by atoms with Crippen LogP contribution >= 0.6 is 0 Å². The molecule has 0 unspecified atom stereocenters.